The summed E-state index contributed by atoms with van der Waals surface area (Å²) in [6.45, 7) is 4.05. The Morgan fingerprint density at radius 2 is 2.13 bits per heavy atom. The summed E-state index contributed by atoms with van der Waals surface area (Å²) >= 11 is 6.00. The molecule has 0 unspecified atom stereocenters. The first-order valence-electron chi connectivity index (χ1n) is 5.00. The number of rotatable bonds is 2. The van der Waals surface area contributed by atoms with Crippen LogP contribution >= 0.6 is 11.6 Å². The topological polar surface area (TPSA) is 41.8 Å². The number of nitrogens with two attached hydrogens (primary N) is 1. The second kappa shape index (κ2) is 3.54. The Kier molecular flexibility index (Phi) is 2.49. The molecule has 2 rings (SSSR count). The van der Waals surface area contributed by atoms with Crippen LogP contribution in [0.25, 0.3) is 10.9 Å². The van der Waals surface area contributed by atoms with Crippen LogP contribution in [0, 0.1) is 0 Å². The van der Waals surface area contributed by atoms with Crippen molar-refractivity contribution in [3.63, 3.8) is 0 Å². The number of hydrogen-bond acceptors (Lipinski definition) is 1. The fourth-order valence-electron chi connectivity index (χ4n) is 1.77. The summed E-state index contributed by atoms with van der Waals surface area (Å²) in [5, 5.41) is 1.83. The molecular formula is C12H15ClN2. The van der Waals surface area contributed by atoms with E-state index < -0.39 is 0 Å². The molecule has 0 spiro atoms. The van der Waals surface area contributed by atoms with Gasteiger partial charge in [-0.15, -0.1) is 0 Å². The maximum atomic E-state index is 6.00. The minimum Gasteiger partial charge on any atom is -0.360 e. The van der Waals surface area contributed by atoms with Crippen LogP contribution in [0.2, 0.25) is 5.02 Å². The Morgan fingerprint density at radius 3 is 2.80 bits per heavy atom. The molecule has 0 aliphatic rings. The third kappa shape index (κ3) is 2.33. The first-order valence-corrected chi connectivity index (χ1v) is 5.38. The number of H-pyrrole nitrogens is 1. The molecule has 0 atom stereocenters. The summed E-state index contributed by atoms with van der Waals surface area (Å²) in [4.78, 5) is 3.14. The molecule has 0 radical (unpaired) electrons. The Hall–Kier alpha value is -0.990. The maximum Gasteiger partial charge on any atom is 0.0659 e. The highest BCUT2D eigenvalue weighted by Gasteiger charge is 2.12. The summed E-state index contributed by atoms with van der Waals surface area (Å²) in [5.74, 6) is 0. The maximum absolute atomic E-state index is 6.00. The predicted octanol–water partition coefficient (Wildman–Crippen LogP) is 3.10. The predicted molar refractivity (Wildman–Crippen MR) is 65.3 cm³/mol. The molecule has 0 aliphatic carbocycles. The summed E-state index contributed by atoms with van der Waals surface area (Å²) in [6.07, 6.45) is 2.67. The zero-order valence-electron chi connectivity index (χ0n) is 8.97. The number of hydrogen-bond donors (Lipinski definition) is 2. The molecule has 0 saturated heterocycles. The van der Waals surface area contributed by atoms with Crippen molar-refractivity contribution in [3.05, 3.63) is 35.0 Å². The van der Waals surface area contributed by atoms with Crippen LogP contribution in [0.1, 0.15) is 19.4 Å². The Bertz CT molecular complexity index is 480. The van der Waals surface area contributed by atoms with Crippen molar-refractivity contribution < 1.29 is 0 Å². The molecular weight excluding hydrogens is 208 g/mol. The Morgan fingerprint density at radius 1 is 1.40 bits per heavy atom. The summed E-state index contributed by atoms with van der Waals surface area (Å²) in [5.41, 5.74) is 8.11. The van der Waals surface area contributed by atoms with Gasteiger partial charge in [-0.3, -0.25) is 0 Å². The molecule has 2 nitrogen and oxygen atoms in total. The highest BCUT2D eigenvalue weighted by atomic mass is 35.5. The zero-order chi connectivity index (χ0) is 11.1. The molecule has 0 bridgehead atoms. The lowest BCUT2D eigenvalue weighted by Gasteiger charge is -2.18. The van der Waals surface area contributed by atoms with E-state index in [0.717, 1.165) is 22.3 Å². The third-order valence-corrected chi connectivity index (χ3v) is 2.67. The van der Waals surface area contributed by atoms with E-state index in [1.165, 1.54) is 5.56 Å². The van der Waals surface area contributed by atoms with E-state index in [4.69, 9.17) is 17.3 Å². The van der Waals surface area contributed by atoms with E-state index in [-0.39, 0.29) is 5.54 Å². The molecule has 0 aliphatic heterocycles. The minimum atomic E-state index is -0.177. The van der Waals surface area contributed by atoms with Crippen molar-refractivity contribution in [2.45, 2.75) is 25.8 Å². The highest BCUT2D eigenvalue weighted by molar-refractivity contribution is 6.35. The van der Waals surface area contributed by atoms with Crippen LogP contribution in [0.15, 0.2) is 24.4 Å². The Labute approximate surface area is 94.4 Å². The number of aromatic amines is 1. The van der Waals surface area contributed by atoms with Crippen molar-refractivity contribution in [2.75, 3.05) is 0 Å². The van der Waals surface area contributed by atoms with E-state index in [0.29, 0.717) is 0 Å². The summed E-state index contributed by atoms with van der Waals surface area (Å²) < 4.78 is 0. The zero-order valence-corrected chi connectivity index (χ0v) is 9.73. The quantitative estimate of drug-likeness (QED) is 0.806. The van der Waals surface area contributed by atoms with Gasteiger partial charge in [-0.2, -0.15) is 0 Å². The second-order valence-corrected chi connectivity index (χ2v) is 5.09. The molecule has 1 aromatic carbocycles. The molecule has 2 aromatic rings. The molecule has 3 heteroatoms. The van der Waals surface area contributed by atoms with Crippen LogP contribution in [0.5, 0.6) is 0 Å². The van der Waals surface area contributed by atoms with Gasteiger partial charge < -0.3 is 10.7 Å². The number of fused-ring (bicyclic) bond motifs is 1. The average molecular weight is 223 g/mol. The normalized spacial score (nSPS) is 12.3. The summed E-state index contributed by atoms with van der Waals surface area (Å²) in [6, 6.07) is 6.22. The van der Waals surface area contributed by atoms with E-state index in [1.807, 2.05) is 26.1 Å². The Balaban J connectivity index is 2.39. The van der Waals surface area contributed by atoms with Gasteiger partial charge in [-0.25, -0.2) is 0 Å². The van der Waals surface area contributed by atoms with Gasteiger partial charge in [0.25, 0.3) is 0 Å². The highest BCUT2D eigenvalue weighted by Crippen LogP contribution is 2.24. The number of benzene rings is 1. The monoisotopic (exact) mass is 222 g/mol. The average Bonchev–Trinajstić information content (AvgIpc) is 2.45. The van der Waals surface area contributed by atoms with Gasteiger partial charge in [0, 0.05) is 22.6 Å². The first-order chi connectivity index (χ1) is 6.96. The van der Waals surface area contributed by atoms with Crippen LogP contribution in [0.3, 0.4) is 0 Å². The van der Waals surface area contributed by atoms with Crippen LogP contribution in [-0.2, 0) is 6.42 Å². The van der Waals surface area contributed by atoms with Gasteiger partial charge in [0.15, 0.2) is 0 Å². The minimum absolute atomic E-state index is 0.177. The van der Waals surface area contributed by atoms with Crippen LogP contribution in [0.4, 0.5) is 0 Å². The SMILES string of the molecule is CC(C)(N)Cc1ccc2c(Cl)c[nH]c2c1. The van der Waals surface area contributed by atoms with E-state index in [9.17, 15) is 0 Å². The van der Waals surface area contributed by atoms with Crippen molar-refractivity contribution >= 4 is 22.5 Å². The molecule has 0 fully saturated rings. The van der Waals surface area contributed by atoms with E-state index >= 15 is 0 Å². The molecule has 1 heterocycles. The van der Waals surface area contributed by atoms with Crippen molar-refractivity contribution in [2.24, 2.45) is 5.73 Å². The molecule has 3 N–H and O–H groups in total. The number of halogens is 1. The first kappa shape index (κ1) is 10.5. The third-order valence-electron chi connectivity index (χ3n) is 2.36. The standard InChI is InChI=1S/C12H15ClN2/c1-12(2,14)6-8-3-4-9-10(13)7-15-11(9)5-8/h3-5,7,15H,6,14H2,1-2H3. The fraction of sp³-hybridized carbons (Fsp3) is 0.333. The van der Waals surface area contributed by atoms with Crippen molar-refractivity contribution in [1.29, 1.82) is 0 Å². The molecule has 80 valence electrons. The molecule has 0 amide bonds. The van der Waals surface area contributed by atoms with Crippen molar-refractivity contribution in [1.82, 2.24) is 4.98 Å². The van der Waals surface area contributed by atoms with Gasteiger partial charge in [-0.1, -0.05) is 23.7 Å². The van der Waals surface area contributed by atoms with E-state index in [1.54, 1.807) is 0 Å². The van der Waals surface area contributed by atoms with Crippen LogP contribution in [-0.4, -0.2) is 10.5 Å². The lowest BCUT2D eigenvalue weighted by Crippen LogP contribution is -2.34. The lowest BCUT2D eigenvalue weighted by molar-refractivity contribution is 0.517. The lowest BCUT2D eigenvalue weighted by atomic mass is 9.96. The van der Waals surface area contributed by atoms with Gasteiger partial charge in [0.2, 0.25) is 0 Å². The van der Waals surface area contributed by atoms with E-state index in [2.05, 4.69) is 17.1 Å². The number of nitrogens with one attached hydrogen (secondary N) is 1. The number of aromatic nitrogens is 1. The largest absolute Gasteiger partial charge is 0.360 e. The van der Waals surface area contributed by atoms with Gasteiger partial charge >= 0.3 is 0 Å². The van der Waals surface area contributed by atoms with Gasteiger partial charge in [0.05, 0.1) is 5.02 Å². The second-order valence-electron chi connectivity index (χ2n) is 4.68. The molecule has 0 saturated carbocycles. The van der Waals surface area contributed by atoms with Crippen LogP contribution < -0.4 is 5.73 Å². The summed E-state index contributed by atoms with van der Waals surface area (Å²) in [7, 11) is 0. The molecule has 1 aromatic heterocycles. The van der Waals surface area contributed by atoms with Crippen molar-refractivity contribution in [3.8, 4) is 0 Å². The fourth-order valence-corrected chi connectivity index (χ4v) is 1.99. The van der Waals surface area contributed by atoms with Gasteiger partial charge in [-0.05, 0) is 31.9 Å². The molecule has 15 heavy (non-hydrogen) atoms. The smallest absolute Gasteiger partial charge is 0.0659 e. The van der Waals surface area contributed by atoms with Gasteiger partial charge in [0.1, 0.15) is 0 Å².